The van der Waals surface area contributed by atoms with Crippen LogP contribution in [0.15, 0.2) is 24.3 Å². The van der Waals surface area contributed by atoms with E-state index >= 15 is 0 Å². The van der Waals surface area contributed by atoms with Gasteiger partial charge in [0.2, 0.25) is 5.91 Å². The van der Waals surface area contributed by atoms with Crippen molar-refractivity contribution in [1.29, 1.82) is 0 Å². The summed E-state index contributed by atoms with van der Waals surface area (Å²) >= 11 is 0. The summed E-state index contributed by atoms with van der Waals surface area (Å²) in [5.41, 5.74) is 2.85. The fraction of sp³-hybridized carbons (Fsp3) is 0.375. The van der Waals surface area contributed by atoms with E-state index in [1.807, 2.05) is 31.2 Å². The number of hydrogen-bond acceptors (Lipinski definition) is 3. The first-order valence-electron chi connectivity index (χ1n) is 6.81. The van der Waals surface area contributed by atoms with Crippen molar-refractivity contribution in [3.8, 4) is 0 Å². The van der Waals surface area contributed by atoms with Crippen molar-refractivity contribution in [1.82, 2.24) is 4.57 Å². The average molecular weight is 273 g/mol. The second-order valence-electron chi connectivity index (χ2n) is 4.75. The Labute approximate surface area is 118 Å². The van der Waals surface area contributed by atoms with Crippen molar-refractivity contribution in [2.45, 2.75) is 33.6 Å². The zero-order valence-corrected chi connectivity index (χ0v) is 12.1. The Morgan fingerprint density at radius 2 is 1.95 bits per heavy atom. The van der Waals surface area contributed by atoms with E-state index in [2.05, 4.69) is 0 Å². The van der Waals surface area contributed by atoms with Gasteiger partial charge >= 0.3 is 5.97 Å². The van der Waals surface area contributed by atoms with E-state index < -0.39 is 0 Å². The van der Waals surface area contributed by atoms with Crippen LogP contribution in [0.4, 0.5) is 0 Å². The van der Waals surface area contributed by atoms with Crippen LogP contribution in [0.3, 0.4) is 0 Å². The minimum absolute atomic E-state index is 0.0341. The summed E-state index contributed by atoms with van der Waals surface area (Å²) < 4.78 is 6.64. The van der Waals surface area contributed by atoms with E-state index in [4.69, 9.17) is 4.74 Å². The van der Waals surface area contributed by atoms with Gasteiger partial charge in [-0.1, -0.05) is 18.2 Å². The predicted octanol–water partition coefficient (Wildman–Crippen LogP) is 3.11. The number of esters is 1. The minimum Gasteiger partial charge on any atom is -0.466 e. The van der Waals surface area contributed by atoms with Gasteiger partial charge in [-0.25, -0.2) is 0 Å². The maximum absolute atomic E-state index is 11.9. The van der Waals surface area contributed by atoms with Crippen molar-refractivity contribution in [2.75, 3.05) is 6.61 Å². The van der Waals surface area contributed by atoms with Crippen LogP contribution in [0, 0.1) is 6.92 Å². The van der Waals surface area contributed by atoms with Gasteiger partial charge in [0.25, 0.3) is 0 Å². The number of para-hydroxylation sites is 1. The first kappa shape index (κ1) is 14.3. The molecule has 0 aliphatic heterocycles. The molecule has 4 nitrogen and oxygen atoms in total. The van der Waals surface area contributed by atoms with Gasteiger partial charge in [0.05, 0.1) is 18.5 Å². The molecule has 0 fully saturated rings. The topological polar surface area (TPSA) is 48.3 Å². The Kier molecular flexibility index (Phi) is 4.23. The quantitative estimate of drug-likeness (QED) is 0.804. The third-order valence-corrected chi connectivity index (χ3v) is 3.44. The first-order chi connectivity index (χ1) is 9.56. The molecule has 0 saturated carbocycles. The Morgan fingerprint density at radius 3 is 2.60 bits per heavy atom. The molecule has 2 aromatic rings. The van der Waals surface area contributed by atoms with Gasteiger partial charge in [-0.05, 0) is 31.9 Å². The standard InChI is InChI=1S/C16H19NO3/c1-4-20-16(19)10-9-14-11(2)13-7-5-6-8-15(13)17(14)12(3)18/h5-8H,4,9-10H2,1-3H3. The summed E-state index contributed by atoms with van der Waals surface area (Å²) in [7, 11) is 0. The number of nitrogens with zero attached hydrogens (tertiary/aromatic N) is 1. The van der Waals surface area contributed by atoms with Crippen LogP contribution in [0.5, 0.6) is 0 Å². The second kappa shape index (κ2) is 5.90. The molecule has 0 aliphatic carbocycles. The van der Waals surface area contributed by atoms with E-state index in [0.717, 1.165) is 22.2 Å². The SMILES string of the molecule is CCOC(=O)CCc1c(C)c2ccccc2n1C(C)=O. The molecule has 1 aromatic heterocycles. The van der Waals surface area contributed by atoms with E-state index in [9.17, 15) is 9.59 Å². The van der Waals surface area contributed by atoms with Crippen LogP contribution in [-0.2, 0) is 16.0 Å². The molecule has 0 spiro atoms. The van der Waals surface area contributed by atoms with E-state index in [1.165, 1.54) is 0 Å². The molecule has 1 heterocycles. The Bertz CT molecular complexity index is 655. The van der Waals surface area contributed by atoms with Crippen LogP contribution < -0.4 is 0 Å². The summed E-state index contributed by atoms with van der Waals surface area (Å²) in [6.45, 7) is 5.70. The van der Waals surface area contributed by atoms with Gasteiger partial charge in [0.1, 0.15) is 0 Å². The van der Waals surface area contributed by atoms with Gasteiger partial charge in [0, 0.05) is 18.0 Å². The third kappa shape index (κ3) is 2.59. The summed E-state index contributed by atoms with van der Waals surface area (Å²) in [6.07, 6.45) is 0.803. The number of rotatable bonds is 4. The minimum atomic E-state index is -0.229. The fourth-order valence-corrected chi connectivity index (χ4v) is 2.57. The molecule has 20 heavy (non-hydrogen) atoms. The number of ether oxygens (including phenoxy) is 1. The molecule has 2 rings (SSSR count). The summed E-state index contributed by atoms with van der Waals surface area (Å²) in [5, 5.41) is 1.06. The van der Waals surface area contributed by atoms with E-state index in [-0.39, 0.29) is 18.3 Å². The van der Waals surface area contributed by atoms with Crippen LogP contribution >= 0.6 is 0 Å². The number of benzene rings is 1. The monoisotopic (exact) mass is 273 g/mol. The third-order valence-electron chi connectivity index (χ3n) is 3.44. The van der Waals surface area contributed by atoms with Crippen molar-refractivity contribution in [2.24, 2.45) is 0 Å². The van der Waals surface area contributed by atoms with E-state index in [0.29, 0.717) is 13.0 Å². The molecule has 0 aliphatic rings. The Morgan fingerprint density at radius 1 is 1.25 bits per heavy atom. The maximum atomic E-state index is 11.9. The van der Waals surface area contributed by atoms with Gasteiger partial charge in [-0.15, -0.1) is 0 Å². The smallest absolute Gasteiger partial charge is 0.306 e. The first-order valence-corrected chi connectivity index (χ1v) is 6.81. The molecule has 0 amide bonds. The average Bonchev–Trinajstić information content (AvgIpc) is 2.70. The normalized spacial score (nSPS) is 10.8. The van der Waals surface area contributed by atoms with Crippen molar-refractivity contribution in [3.63, 3.8) is 0 Å². The highest BCUT2D eigenvalue weighted by Crippen LogP contribution is 2.26. The summed E-state index contributed by atoms with van der Waals surface area (Å²) in [4.78, 5) is 23.4. The lowest BCUT2D eigenvalue weighted by Gasteiger charge is -2.07. The lowest BCUT2D eigenvalue weighted by molar-refractivity contribution is -0.143. The molecule has 0 atom stereocenters. The molecular formula is C16H19NO3. The van der Waals surface area contributed by atoms with Crippen LogP contribution in [0.1, 0.15) is 36.3 Å². The van der Waals surface area contributed by atoms with Crippen molar-refractivity contribution < 1.29 is 14.3 Å². The summed E-state index contributed by atoms with van der Waals surface area (Å²) in [5.74, 6) is -0.264. The second-order valence-corrected chi connectivity index (χ2v) is 4.75. The zero-order chi connectivity index (χ0) is 14.7. The number of carbonyl (C=O) groups excluding carboxylic acids is 2. The van der Waals surface area contributed by atoms with E-state index in [1.54, 1.807) is 18.4 Å². The number of fused-ring (bicyclic) bond motifs is 1. The van der Waals surface area contributed by atoms with Gasteiger partial charge in [-0.2, -0.15) is 0 Å². The highest BCUT2D eigenvalue weighted by atomic mass is 16.5. The molecule has 4 heteroatoms. The lowest BCUT2D eigenvalue weighted by atomic mass is 10.1. The van der Waals surface area contributed by atoms with Crippen molar-refractivity contribution in [3.05, 3.63) is 35.5 Å². The molecule has 0 saturated heterocycles. The number of hydrogen-bond donors (Lipinski definition) is 0. The van der Waals surface area contributed by atoms with Crippen LogP contribution in [-0.4, -0.2) is 23.1 Å². The number of carbonyl (C=O) groups is 2. The lowest BCUT2D eigenvalue weighted by Crippen LogP contribution is -2.12. The molecule has 0 N–H and O–H groups in total. The number of aromatic nitrogens is 1. The van der Waals surface area contributed by atoms with Crippen molar-refractivity contribution >= 4 is 22.8 Å². The fourth-order valence-electron chi connectivity index (χ4n) is 2.57. The molecular weight excluding hydrogens is 254 g/mol. The van der Waals surface area contributed by atoms with Crippen LogP contribution in [0.2, 0.25) is 0 Å². The summed E-state index contributed by atoms with van der Waals surface area (Å²) in [6, 6.07) is 7.79. The number of aryl methyl sites for hydroxylation is 1. The van der Waals surface area contributed by atoms with Gasteiger partial charge < -0.3 is 4.74 Å². The Balaban J connectivity index is 2.41. The Hall–Kier alpha value is -2.10. The van der Waals surface area contributed by atoms with Gasteiger partial charge in [-0.3, -0.25) is 14.2 Å². The zero-order valence-electron chi connectivity index (χ0n) is 12.1. The highest BCUT2D eigenvalue weighted by Gasteiger charge is 2.17. The predicted molar refractivity (Wildman–Crippen MR) is 77.9 cm³/mol. The molecule has 0 bridgehead atoms. The molecule has 1 aromatic carbocycles. The maximum Gasteiger partial charge on any atom is 0.306 e. The van der Waals surface area contributed by atoms with Crippen LogP contribution in [0.25, 0.3) is 10.9 Å². The van der Waals surface area contributed by atoms with Gasteiger partial charge in [0.15, 0.2) is 0 Å². The molecule has 0 unspecified atom stereocenters. The molecule has 0 radical (unpaired) electrons. The highest BCUT2D eigenvalue weighted by molar-refractivity contribution is 5.95. The largest absolute Gasteiger partial charge is 0.466 e. The molecule has 106 valence electrons.